The molecular weight excluding hydrogens is 553 g/mol. The van der Waals surface area contributed by atoms with Gasteiger partial charge in [-0.2, -0.15) is 0 Å². The Kier molecular flexibility index (Phi) is 31.1. The Balaban J connectivity index is 4.13. The number of nitrogens with two attached hydrogens (primary N) is 1. The molecule has 3 N–H and O–H groups in total. The molecule has 0 fully saturated rings. The average Bonchev–Trinajstić information content (AvgIpc) is 2.97. The van der Waals surface area contributed by atoms with Crippen molar-refractivity contribution < 1.29 is 32.8 Å². The number of carbonyl (C=O) groups is 1. The topological polar surface area (TPSA) is 117 Å². The first-order chi connectivity index (χ1) is 20.4. The number of phosphoric acid groups is 1. The van der Waals surface area contributed by atoms with E-state index in [2.05, 4.69) is 26.0 Å². The smallest absolute Gasteiger partial charge is 0.457 e. The first-order valence-electron chi connectivity index (χ1n) is 17.2. The molecule has 0 aliphatic carbocycles. The van der Waals surface area contributed by atoms with Gasteiger partial charge in [0.25, 0.3) is 0 Å². The molecule has 0 bridgehead atoms. The molecule has 0 saturated heterocycles. The van der Waals surface area contributed by atoms with E-state index in [1.165, 1.54) is 89.9 Å². The Morgan fingerprint density at radius 3 is 1.74 bits per heavy atom. The van der Waals surface area contributed by atoms with Crippen LogP contribution in [0.2, 0.25) is 0 Å². The van der Waals surface area contributed by atoms with Crippen molar-refractivity contribution in [3.05, 3.63) is 12.2 Å². The summed E-state index contributed by atoms with van der Waals surface area (Å²) in [6, 6.07) is 0. The summed E-state index contributed by atoms with van der Waals surface area (Å²) in [5, 5.41) is 0. The number of ether oxygens (including phenoxy) is 2. The van der Waals surface area contributed by atoms with Crippen LogP contribution in [0.1, 0.15) is 155 Å². The molecule has 0 rings (SSSR count). The minimum absolute atomic E-state index is 0.0945. The number of hydrogen-bond donors (Lipinski definition) is 2. The van der Waals surface area contributed by atoms with Gasteiger partial charge in [-0.3, -0.25) is 13.8 Å². The van der Waals surface area contributed by atoms with E-state index in [0.29, 0.717) is 13.0 Å². The van der Waals surface area contributed by atoms with Crippen molar-refractivity contribution in [2.24, 2.45) is 5.73 Å². The molecule has 8 nitrogen and oxygen atoms in total. The van der Waals surface area contributed by atoms with Crippen LogP contribution in [-0.2, 0) is 27.9 Å². The van der Waals surface area contributed by atoms with Crippen molar-refractivity contribution in [1.82, 2.24) is 0 Å². The number of unbranched alkanes of at least 4 members (excludes halogenated alkanes) is 18. The van der Waals surface area contributed by atoms with Crippen LogP contribution in [-0.4, -0.2) is 49.9 Å². The van der Waals surface area contributed by atoms with Gasteiger partial charge in [0.1, 0.15) is 6.10 Å². The molecule has 0 saturated carbocycles. The van der Waals surface area contributed by atoms with E-state index >= 15 is 0 Å². The lowest BCUT2D eigenvalue weighted by Crippen LogP contribution is -2.28. The highest BCUT2D eigenvalue weighted by Crippen LogP contribution is 2.43. The van der Waals surface area contributed by atoms with E-state index in [4.69, 9.17) is 24.3 Å². The maximum absolute atomic E-state index is 12.4. The maximum Gasteiger partial charge on any atom is 0.472 e. The molecule has 42 heavy (non-hydrogen) atoms. The van der Waals surface area contributed by atoms with E-state index in [-0.39, 0.29) is 32.3 Å². The molecule has 9 heteroatoms. The van der Waals surface area contributed by atoms with Crippen molar-refractivity contribution in [2.45, 2.75) is 161 Å². The summed E-state index contributed by atoms with van der Waals surface area (Å²) in [5.41, 5.74) is 5.33. The van der Waals surface area contributed by atoms with Gasteiger partial charge in [0.05, 0.1) is 19.8 Å². The van der Waals surface area contributed by atoms with Crippen molar-refractivity contribution in [3.8, 4) is 0 Å². The van der Waals surface area contributed by atoms with Crippen LogP contribution < -0.4 is 5.73 Å². The lowest BCUT2D eigenvalue weighted by molar-refractivity contribution is -0.154. The first kappa shape index (κ1) is 41.2. The average molecular weight is 620 g/mol. The Bertz CT molecular complexity index is 662. The van der Waals surface area contributed by atoms with Gasteiger partial charge in [-0.25, -0.2) is 4.57 Å². The molecular formula is C33H66NO7P. The minimum atomic E-state index is -4.26. The molecule has 2 unspecified atom stereocenters. The zero-order chi connectivity index (χ0) is 31.0. The van der Waals surface area contributed by atoms with Crippen LogP contribution in [0, 0.1) is 0 Å². The van der Waals surface area contributed by atoms with Gasteiger partial charge < -0.3 is 20.1 Å². The molecule has 0 radical (unpaired) electrons. The monoisotopic (exact) mass is 619 g/mol. The van der Waals surface area contributed by atoms with Crippen molar-refractivity contribution >= 4 is 13.8 Å². The molecule has 0 aromatic carbocycles. The predicted octanol–water partition coefficient (Wildman–Crippen LogP) is 9.19. The second-order valence-corrected chi connectivity index (χ2v) is 12.8. The highest BCUT2D eigenvalue weighted by molar-refractivity contribution is 7.47. The zero-order valence-corrected chi connectivity index (χ0v) is 28.1. The molecule has 250 valence electrons. The summed E-state index contributed by atoms with van der Waals surface area (Å²) in [6.45, 7) is 4.88. The summed E-state index contributed by atoms with van der Waals surface area (Å²) in [4.78, 5) is 22.3. The van der Waals surface area contributed by atoms with Gasteiger partial charge in [0, 0.05) is 19.6 Å². The SMILES string of the molecule is CCCCCCC/C=C\CCCCCCCC(=O)OC(COCCCCCCCCCCC)COP(=O)(O)OCCN. The number of hydrogen-bond acceptors (Lipinski definition) is 7. The predicted molar refractivity (Wildman–Crippen MR) is 174 cm³/mol. The number of phosphoric ester groups is 1. The second-order valence-electron chi connectivity index (χ2n) is 11.4. The molecule has 0 spiro atoms. The lowest BCUT2D eigenvalue weighted by Gasteiger charge is -2.20. The van der Waals surface area contributed by atoms with E-state index in [0.717, 1.165) is 44.9 Å². The van der Waals surface area contributed by atoms with E-state index in [1.54, 1.807) is 0 Å². The Labute approximate surface area is 258 Å². The fourth-order valence-electron chi connectivity index (χ4n) is 4.64. The van der Waals surface area contributed by atoms with E-state index in [1.807, 2.05) is 0 Å². The zero-order valence-electron chi connectivity index (χ0n) is 27.2. The Hall–Kier alpha value is -0.760. The fraction of sp³-hybridized carbons (Fsp3) is 0.909. The number of allylic oxidation sites excluding steroid dienone is 2. The van der Waals surface area contributed by atoms with Gasteiger partial charge in [0.15, 0.2) is 0 Å². The van der Waals surface area contributed by atoms with Gasteiger partial charge in [-0.15, -0.1) is 0 Å². The van der Waals surface area contributed by atoms with Crippen LogP contribution >= 0.6 is 7.82 Å². The van der Waals surface area contributed by atoms with Crippen molar-refractivity contribution in [1.29, 1.82) is 0 Å². The largest absolute Gasteiger partial charge is 0.472 e. The van der Waals surface area contributed by atoms with Gasteiger partial charge >= 0.3 is 13.8 Å². The first-order valence-corrected chi connectivity index (χ1v) is 18.7. The summed E-state index contributed by atoms with van der Waals surface area (Å²) < 4.78 is 33.1. The minimum Gasteiger partial charge on any atom is -0.457 e. The van der Waals surface area contributed by atoms with E-state index < -0.39 is 13.9 Å². The van der Waals surface area contributed by atoms with Gasteiger partial charge in [-0.1, -0.05) is 122 Å². The molecule has 0 aliphatic heterocycles. The molecule has 0 aliphatic rings. The number of rotatable bonds is 33. The highest BCUT2D eigenvalue weighted by Gasteiger charge is 2.25. The van der Waals surface area contributed by atoms with Crippen LogP contribution in [0.4, 0.5) is 0 Å². The summed E-state index contributed by atoms with van der Waals surface area (Å²) in [7, 11) is -4.26. The third kappa shape index (κ3) is 30.7. The standard InChI is InChI=1S/C33H66NO7P/c1-3-5-7-9-11-13-14-15-16-17-18-20-22-24-26-33(35)41-32(31-40-42(36,37)39-29-27-34)30-38-28-25-23-21-19-12-10-8-6-4-2/h14-15,32H,3-13,16-31,34H2,1-2H3,(H,36,37)/b15-14-. The van der Waals surface area contributed by atoms with Crippen LogP contribution in [0.15, 0.2) is 12.2 Å². The summed E-state index contributed by atoms with van der Waals surface area (Å²) in [5.74, 6) is -0.340. The molecule has 0 amide bonds. The third-order valence-electron chi connectivity index (χ3n) is 7.18. The number of esters is 1. The van der Waals surface area contributed by atoms with Crippen LogP contribution in [0.25, 0.3) is 0 Å². The second kappa shape index (κ2) is 31.7. The summed E-state index contributed by atoms with van der Waals surface area (Å²) in [6.07, 6.45) is 29.3. The van der Waals surface area contributed by atoms with E-state index in [9.17, 15) is 14.3 Å². The quantitative estimate of drug-likeness (QED) is 0.0323. The molecule has 0 aromatic heterocycles. The van der Waals surface area contributed by atoms with Gasteiger partial charge in [-0.05, 0) is 38.5 Å². The highest BCUT2D eigenvalue weighted by atomic mass is 31.2. The molecule has 0 aromatic rings. The van der Waals surface area contributed by atoms with Crippen molar-refractivity contribution in [2.75, 3.05) is 33.0 Å². The normalized spacial score (nSPS) is 13.9. The Morgan fingerprint density at radius 1 is 0.690 bits per heavy atom. The maximum atomic E-state index is 12.4. The van der Waals surface area contributed by atoms with Gasteiger partial charge in [0.2, 0.25) is 0 Å². The molecule has 2 atom stereocenters. The van der Waals surface area contributed by atoms with Crippen molar-refractivity contribution in [3.63, 3.8) is 0 Å². The fourth-order valence-corrected chi connectivity index (χ4v) is 5.40. The molecule has 0 heterocycles. The summed E-state index contributed by atoms with van der Waals surface area (Å²) >= 11 is 0. The van der Waals surface area contributed by atoms with Crippen LogP contribution in [0.5, 0.6) is 0 Å². The van der Waals surface area contributed by atoms with Crippen LogP contribution in [0.3, 0.4) is 0 Å². The third-order valence-corrected chi connectivity index (χ3v) is 8.17. The Morgan fingerprint density at radius 2 is 1.19 bits per heavy atom. The lowest BCUT2D eigenvalue weighted by atomic mass is 10.1. The number of carbonyl (C=O) groups excluding carboxylic acids is 1.